The molecule has 0 radical (unpaired) electrons. The van der Waals surface area contributed by atoms with E-state index in [0.29, 0.717) is 12.1 Å². The van der Waals surface area contributed by atoms with Crippen molar-refractivity contribution in [1.29, 1.82) is 0 Å². The first-order valence-corrected chi connectivity index (χ1v) is 7.61. The number of hydrogen-bond donors (Lipinski definition) is 1. The second-order valence-corrected chi connectivity index (χ2v) is 5.36. The van der Waals surface area contributed by atoms with Gasteiger partial charge in [-0.15, -0.1) is 0 Å². The number of ether oxygens (including phenoxy) is 1. The highest BCUT2D eigenvalue weighted by Gasteiger charge is 2.16. The molecule has 122 valence electrons. The van der Waals surface area contributed by atoms with Crippen LogP contribution in [0.15, 0.2) is 42.6 Å². The number of benzene rings is 1. The predicted molar refractivity (Wildman–Crippen MR) is 88.2 cm³/mol. The van der Waals surface area contributed by atoms with Crippen molar-refractivity contribution in [2.24, 2.45) is 0 Å². The lowest BCUT2D eigenvalue weighted by molar-refractivity contribution is 0.0600. The molecule has 5 nitrogen and oxygen atoms in total. The Labute approximate surface area is 136 Å². The largest absolute Gasteiger partial charge is 0.508 e. The van der Waals surface area contributed by atoms with Gasteiger partial charge in [0, 0.05) is 18.8 Å². The van der Waals surface area contributed by atoms with Crippen LogP contribution in [0.1, 0.15) is 41.5 Å². The highest BCUT2D eigenvalue weighted by Crippen LogP contribution is 2.24. The normalized spacial score (nSPS) is 12.2. The van der Waals surface area contributed by atoms with Crippen molar-refractivity contribution in [2.75, 3.05) is 13.7 Å². The molecule has 0 aliphatic heterocycles. The lowest BCUT2D eigenvalue weighted by atomic mass is 10.1. The number of esters is 1. The van der Waals surface area contributed by atoms with Crippen LogP contribution in [0.5, 0.6) is 5.75 Å². The third-order valence-electron chi connectivity index (χ3n) is 3.91. The van der Waals surface area contributed by atoms with E-state index in [1.807, 2.05) is 12.1 Å². The Bertz CT molecular complexity index is 673. The molecule has 2 aromatic rings. The summed E-state index contributed by atoms with van der Waals surface area (Å²) >= 11 is 0. The molecule has 0 amide bonds. The number of aromatic hydroxyl groups is 1. The van der Waals surface area contributed by atoms with E-state index in [1.54, 1.807) is 30.5 Å². The number of nitrogens with zero attached hydrogens (tertiary/aromatic N) is 2. The molecule has 2 rings (SSSR count). The smallest absolute Gasteiger partial charge is 0.337 e. The topological polar surface area (TPSA) is 62.7 Å². The van der Waals surface area contributed by atoms with Crippen LogP contribution < -0.4 is 0 Å². The van der Waals surface area contributed by atoms with Crippen molar-refractivity contribution in [1.82, 2.24) is 9.88 Å². The maximum absolute atomic E-state index is 11.6. The number of methoxy groups -OCH3 is 1. The van der Waals surface area contributed by atoms with Crippen LogP contribution in [0.4, 0.5) is 0 Å². The van der Waals surface area contributed by atoms with Gasteiger partial charge in [0.05, 0.1) is 18.4 Å². The van der Waals surface area contributed by atoms with E-state index in [-0.39, 0.29) is 17.8 Å². The quantitative estimate of drug-likeness (QED) is 0.830. The van der Waals surface area contributed by atoms with Gasteiger partial charge in [0.25, 0.3) is 0 Å². The molecule has 0 fully saturated rings. The minimum absolute atomic E-state index is 0.121. The maximum atomic E-state index is 11.6. The number of carbonyl (C=O) groups is 1. The summed E-state index contributed by atoms with van der Waals surface area (Å²) < 4.78 is 4.74. The van der Waals surface area contributed by atoms with E-state index in [1.165, 1.54) is 7.11 Å². The zero-order chi connectivity index (χ0) is 16.8. The summed E-state index contributed by atoms with van der Waals surface area (Å²) in [6, 6.07) is 10.8. The van der Waals surface area contributed by atoms with Crippen molar-refractivity contribution >= 4 is 5.97 Å². The van der Waals surface area contributed by atoms with Crippen molar-refractivity contribution in [3.05, 3.63) is 59.4 Å². The van der Waals surface area contributed by atoms with Crippen LogP contribution in [-0.2, 0) is 11.3 Å². The zero-order valence-electron chi connectivity index (χ0n) is 13.7. The molecule has 5 heteroatoms. The summed E-state index contributed by atoms with van der Waals surface area (Å²) in [5, 5.41) is 9.65. The first-order valence-electron chi connectivity index (χ1n) is 7.61. The molecule has 1 unspecified atom stereocenters. The minimum atomic E-state index is -0.363. The standard InChI is InChI=1S/C18H22N2O3/c1-4-20(13(2)14-6-5-7-17(21)11-14)12-16-10-15(8-9-19-16)18(22)23-3/h5-11,13,21H,4,12H2,1-3H3. The van der Waals surface area contributed by atoms with Crippen LogP contribution in [0.25, 0.3) is 0 Å². The zero-order valence-corrected chi connectivity index (χ0v) is 13.7. The van der Waals surface area contributed by atoms with Crippen molar-refractivity contribution in [3.8, 4) is 5.75 Å². The molecule has 0 aliphatic carbocycles. The predicted octanol–water partition coefficient (Wildman–Crippen LogP) is 3.16. The third kappa shape index (κ3) is 4.29. The Morgan fingerprint density at radius 1 is 1.35 bits per heavy atom. The van der Waals surface area contributed by atoms with Gasteiger partial charge in [0.2, 0.25) is 0 Å². The monoisotopic (exact) mass is 314 g/mol. The number of aromatic nitrogens is 1. The number of pyridine rings is 1. The molecular formula is C18H22N2O3. The Balaban J connectivity index is 2.17. The van der Waals surface area contributed by atoms with E-state index >= 15 is 0 Å². The summed E-state index contributed by atoms with van der Waals surface area (Å²) in [4.78, 5) is 18.2. The Morgan fingerprint density at radius 2 is 2.13 bits per heavy atom. The highest BCUT2D eigenvalue weighted by atomic mass is 16.5. The molecule has 0 aliphatic rings. The second kappa shape index (κ2) is 7.74. The van der Waals surface area contributed by atoms with Crippen LogP contribution in [0.3, 0.4) is 0 Å². The Kier molecular flexibility index (Phi) is 5.71. The Hall–Kier alpha value is -2.40. The van der Waals surface area contributed by atoms with Gasteiger partial charge in [-0.2, -0.15) is 0 Å². The van der Waals surface area contributed by atoms with E-state index < -0.39 is 0 Å². The van der Waals surface area contributed by atoms with Gasteiger partial charge in [-0.05, 0) is 43.3 Å². The molecule has 0 saturated heterocycles. The van der Waals surface area contributed by atoms with Gasteiger partial charge < -0.3 is 9.84 Å². The first-order chi connectivity index (χ1) is 11.0. The summed E-state index contributed by atoms with van der Waals surface area (Å²) in [7, 11) is 1.37. The first kappa shape index (κ1) is 17.0. The average Bonchev–Trinajstić information content (AvgIpc) is 2.58. The molecule has 1 N–H and O–H groups in total. The lowest BCUT2D eigenvalue weighted by Gasteiger charge is -2.28. The summed E-state index contributed by atoms with van der Waals surface area (Å²) in [5.74, 6) is -0.103. The van der Waals surface area contributed by atoms with Gasteiger partial charge in [-0.1, -0.05) is 19.1 Å². The lowest BCUT2D eigenvalue weighted by Crippen LogP contribution is -2.27. The van der Waals surface area contributed by atoms with E-state index in [2.05, 4.69) is 23.7 Å². The molecular weight excluding hydrogens is 292 g/mol. The third-order valence-corrected chi connectivity index (χ3v) is 3.91. The van der Waals surface area contributed by atoms with Gasteiger partial charge >= 0.3 is 5.97 Å². The number of phenols is 1. The number of rotatable bonds is 6. The summed E-state index contributed by atoms with van der Waals surface area (Å²) in [5.41, 5.74) is 2.34. The second-order valence-electron chi connectivity index (χ2n) is 5.36. The van der Waals surface area contributed by atoms with Crippen LogP contribution in [0, 0.1) is 0 Å². The van der Waals surface area contributed by atoms with E-state index in [9.17, 15) is 9.90 Å². The van der Waals surface area contributed by atoms with Gasteiger partial charge in [-0.25, -0.2) is 4.79 Å². The van der Waals surface area contributed by atoms with Crippen LogP contribution in [0.2, 0.25) is 0 Å². The van der Waals surface area contributed by atoms with Crippen molar-refractivity contribution < 1.29 is 14.6 Å². The van der Waals surface area contributed by atoms with Crippen LogP contribution >= 0.6 is 0 Å². The van der Waals surface area contributed by atoms with Gasteiger partial charge in [-0.3, -0.25) is 9.88 Å². The molecule has 0 spiro atoms. The van der Waals surface area contributed by atoms with Crippen molar-refractivity contribution in [3.63, 3.8) is 0 Å². The molecule has 0 saturated carbocycles. The Morgan fingerprint density at radius 3 is 2.78 bits per heavy atom. The average molecular weight is 314 g/mol. The van der Waals surface area contributed by atoms with Crippen LogP contribution in [-0.4, -0.2) is 34.6 Å². The molecule has 1 aromatic carbocycles. The molecule has 23 heavy (non-hydrogen) atoms. The number of phenolic OH excluding ortho intramolecular Hbond substituents is 1. The molecule has 1 atom stereocenters. The summed E-state index contributed by atoms with van der Waals surface area (Å²) in [6.07, 6.45) is 1.62. The van der Waals surface area contributed by atoms with E-state index in [0.717, 1.165) is 17.8 Å². The fourth-order valence-corrected chi connectivity index (χ4v) is 2.54. The van der Waals surface area contributed by atoms with Gasteiger partial charge in [0.15, 0.2) is 0 Å². The van der Waals surface area contributed by atoms with Gasteiger partial charge in [0.1, 0.15) is 5.75 Å². The fraction of sp³-hybridized carbons (Fsp3) is 0.333. The van der Waals surface area contributed by atoms with E-state index in [4.69, 9.17) is 4.74 Å². The SMILES string of the molecule is CCN(Cc1cc(C(=O)OC)ccn1)C(C)c1cccc(O)c1. The summed E-state index contributed by atoms with van der Waals surface area (Å²) in [6.45, 7) is 5.59. The fourth-order valence-electron chi connectivity index (χ4n) is 2.54. The molecule has 1 aromatic heterocycles. The number of carbonyl (C=O) groups excluding carboxylic acids is 1. The minimum Gasteiger partial charge on any atom is -0.508 e. The molecule has 1 heterocycles. The molecule has 0 bridgehead atoms. The highest BCUT2D eigenvalue weighted by molar-refractivity contribution is 5.89. The maximum Gasteiger partial charge on any atom is 0.337 e. The number of hydrogen-bond acceptors (Lipinski definition) is 5. The van der Waals surface area contributed by atoms with Crippen molar-refractivity contribution in [2.45, 2.75) is 26.4 Å².